The van der Waals surface area contributed by atoms with Crippen molar-refractivity contribution in [3.63, 3.8) is 0 Å². The van der Waals surface area contributed by atoms with E-state index in [2.05, 4.69) is 15.5 Å². The Kier molecular flexibility index (Phi) is 5.47. The largest absolute Gasteiger partial charge is 0.485 e. The summed E-state index contributed by atoms with van der Waals surface area (Å²) in [6.45, 7) is 5.61. The number of nitrogens with zero attached hydrogens (tertiary/aromatic N) is 4. The number of hydrogen-bond acceptors (Lipinski definition) is 7. The quantitative estimate of drug-likeness (QED) is 0.571. The molecule has 0 saturated carbocycles. The molecular formula is C24H25N5O4S. The van der Waals surface area contributed by atoms with Crippen molar-refractivity contribution in [2.75, 3.05) is 16.8 Å². The first kappa shape index (κ1) is 22.3. The summed E-state index contributed by atoms with van der Waals surface area (Å²) >= 11 is 1.29. The van der Waals surface area contributed by atoms with E-state index in [1.165, 1.54) is 11.8 Å². The zero-order valence-corrected chi connectivity index (χ0v) is 20.1. The normalized spacial score (nSPS) is 19.2. The molecule has 0 bridgehead atoms. The van der Waals surface area contributed by atoms with Gasteiger partial charge >= 0.3 is 0 Å². The molecule has 2 aliphatic heterocycles. The van der Waals surface area contributed by atoms with Crippen molar-refractivity contribution in [2.45, 2.75) is 42.8 Å². The molecule has 0 radical (unpaired) electrons. The molecular weight excluding hydrogens is 454 g/mol. The maximum absolute atomic E-state index is 13.6. The van der Waals surface area contributed by atoms with E-state index in [0.717, 1.165) is 0 Å². The Morgan fingerprint density at radius 2 is 1.85 bits per heavy atom. The minimum atomic E-state index is -1.04. The molecule has 34 heavy (non-hydrogen) atoms. The van der Waals surface area contributed by atoms with Crippen molar-refractivity contribution in [1.82, 2.24) is 14.8 Å². The fourth-order valence-electron chi connectivity index (χ4n) is 4.09. The number of amides is 2. The molecule has 0 fully saturated rings. The van der Waals surface area contributed by atoms with Crippen LogP contribution in [0, 0.1) is 0 Å². The predicted octanol–water partition coefficient (Wildman–Crippen LogP) is 3.57. The predicted molar refractivity (Wildman–Crippen MR) is 128 cm³/mol. The lowest BCUT2D eigenvalue weighted by Gasteiger charge is -2.43. The summed E-state index contributed by atoms with van der Waals surface area (Å²) < 4.78 is 13.7. The molecule has 176 valence electrons. The first-order valence-corrected chi connectivity index (χ1v) is 11.8. The standard InChI is InChI=1S/C24H25N5O4S/c1-14(21(30)29-16-10-6-5-9-15(16)25-22(31)24(29,2)3)34-23-27-26-20(28(23)4)19-13-32-17-11-7-8-12-18(17)33-19/h5-12,14,19H,13H2,1-4H3,(H,25,31)/t14-,19+/m1/s1. The number of benzene rings is 2. The molecule has 10 heteroatoms. The van der Waals surface area contributed by atoms with Crippen LogP contribution < -0.4 is 19.7 Å². The number of thioether (sulfide) groups is 1. The van der Waals surface area contributed by atoms with Gasteiger partial charge in [0.2, 0.25) is 11.8 Å². The number of nitrogens with one attached hydrogen (secondary N) is 1. The van der Waals surface area contributed by atoms with Gasteiger partial charge in [0.25, 0.3) is 0 Å². The van der Waals surface area contributed by atoms with Gasteiger partial charge < -0.3 is 19.4 Å². The van der Waals surface area contributed by atoms with Crippen LogP contribution in [-0.4, -0.2) is 44.0 Å². The Morgan fingerprint density at radius 3 is 2.65 bits per heavy atom. The maximum Gasteiger partial charge on any atom is 0.250 e. The average Bonchev–Trinajstić information content (AvgIpc) is 3.19. The molecule has 1 aromatic heterocycles. The molecule has 2 aliphatic rings. The Hall–Kier alpha value is -3.53. The minimum absolute atomic E-state index is 0.187. The molecule has 2 amide bonds. The number of fused-ring (bicyclic) bond motifs is 2. The van der Waals surface area contributed by atoms with Gasteiger partial charge in [-0.1, -0.05) is 36.0 Å². The van der Waals surface area contributed by atoms with Gasteiger partial charge in [-0.2, -0.15) is 0 Å². The fraction of sp³-hybridized carbons (Fsp3) is 0.333. The summed E-state index contributed by atoms with van der Waals surface area (Å²) in [5, 5.41) is 11.6. The number of carbonyl (C=O) groups is 2. The zero-order valence-electron chi connectivity index (χ0n) is 19.3. The first-order valence-electron chi connectivity index (χ1n) is 11.0. The van der Waals surface area contributed by atoms with Gasteiger partial charge in [-0.25, -0.2) is 0 Å². The third kappa shape index (κ3) is 3.67. The summed E-state index contributed by atoms with van der Waals surface area (Å²) in [4.78, 5) is 27.9. The van der Waals surface area contributed by atoms with E-state index in [9.17, 15) is 9.59 Å². The lowest BCUT2D eigenvalue weighted by molar-refractivity contribution is -0.126. The molecule has 9 nitrogen and oxygen atoms in total. The van der Waals surface area contributed by atoms with Crippen LogP contribution in [0.2, 0.25) is 0 Å². The second-order valence-corrected chi connectivity index (χ2v) is 10.0. The molecule has 2 atom stereocenters. The smallest absolute Gasteiger partial charge is 0.250 e. The topological polar surface area (TPSA) is 98.6 Å². The minimum Gasteiger partial charge on any atom is -0.485 e. The van der Waals surface area contributed by atoms with E-state index >= 15 is 0 Å². The summed E-state index contributed by atoms with van der Waals surface area (Å²) in [7, 11) is 1.84. The lowest BCUT2D eigenvalue weighted by atomic mass is 9.96. The molecule has 1 N–H and O–H groups in total. The van der Waals surface area contributed by atoms with Gasteiger partial charge in [0.15, 0.2) is 28.6 Å². The Bertz CT molecular complexity index is 1270. The van der Waals surface area contributed by atoms with Crippen molar-refractivity contribution in [3.8, 4) is 11.5 Å². The van der Waals surface area contributed by atoms with Crippen molar-refractivity contribution in [1.29, 1.82) is 0 Å². The molecule has 0 saturated heterocycles. The highest BCUT2D eigenvalue weighted by Crippen LogP contribution is 2.39. The number of hydrogen-bond donors (Lipinski definition) is 1. The van der Waals surface area contributed by atoms with Crippen LogP contribution in [0.5, 0.6) is 11.5 Å². The maximum atomic E-state index is 13.6. The number of rotatable bonds is 4. The van der Waals surface area contributed by atoms with Gasteiger partial charge in [0, 0.05) is 7.05 Å². The number of carbonyl (C=O) groups excluding carboxylic acids is 2. The third-order valence-corrected chi connectivity index (χ3v) is 7.14. The van der Waals surface area contributed by atoms with Crippen molar-refractivity contribution in [3.05, 3.63) is 54.4 Å². The molecule has 0 spiro atoms. The van der Waals surface area contributed by atoms with Crippen molar-refractivity contribution < 1.29 is 19.1 Å². The van der Waals surface area contributed by atoms with Gasteiger partial charge in [0.1, 0.15) is 12.1 Å². The van der Waals surface area contributed by atoms with Gasteiger partial charge in [-0.3, -0.25) is 14.5 Å². The van der Waals surface area contributed by atoms with E-state index in [4.69, 9.17) is 9.47 Å². The average molecular weight is 480 g/mol. The Balaban J connectivity index is 1.36. The number of para-hydroxylation sites is 4. The number of anilines is 2. The zero-order chi connectivity index (χ0) is 24.0. The van der Waals surface area contributed by atoms with Crippen LogP contribution in [0.4, 0.5) is 11.4 Å². The second-order valence-electron chi connectivity index (χ2n) is 8.73. The highest BCUT2D eigenvalue weighted by atomic mass is 32.2. The summed E-state index contributed by atoms with van der Waals surface area (Å²) in [6, 6.07) is 14.8. The van der Waals surface area contributed by atoms with Crippen LogP contribution in [-0.2, 0) is 16.6 Å². The van der Waals surface area contributed by atoms with Gasteiger partial charge in [-0.15, -0.1) is 10.2 Å². The van der Waals surface area contributed by atoms with Crippen LogP contribution in [0.25, 0.3) is 0 Å². The second kappa shape index (κ2) is 8.35. The Morgan fingerprint density at radius 1 is 1.15 bits per heavy atom. The molecule has 5 rings (SSSR count). The summed E-state index contributed by atoms with van der Waals surface area (Å²) in [5.74, 6) is 1.55. The van der Waals surface area contributed by atoms with E-state index < -0.39 is 16.9 Å². The van der Waals surface area contributed by atoms with Crippen LogP contribution in [0.15, 0.2) is 53.7 Å². The third-order valence-electron chi connectivity index (χ3n) is 6.02. The molecule has 3 aromatic rings. The summed E-state index contributed by atoms with van der Waals surface area (Å²) in [6.07, 6.45) is -0.413. The monoisotopic (exact) mass is 479 g/mol. The summed E-state index contributed by atoms with van der Waals surface area (Å²) in [5.41, 5.74) is 0.258. The number of aromatic nitrogens is 3. The lowest BCUT2D eigenvalue weighted by Crippen LogP contribution is -2.60. The van der Waals surface area contributed by atoms with E-state index in [0.29, 0.717) is 40.5 Å². The Labute approximate surface area is 201 Å². The molecule has 0 unspecified atom stereocenters. The van der Waals surface area contributed by atoms with E-state index in [1.807, 2.05) is 61.0 Å². The molecule has 3 heterocycles. The van der Waals surface area contributed by atoms with Crippen LogP contribution >= 0.6 is 11.8 Å². The van der Waals surface area contributed by atoms with Crippen LogP contribution in [0.3, 0.4) is 0 Å². The highest BCUT2D eigenvalue weighted by Gasteiger charge is 2.45. The SMILES string of the molecule is C[C@@H](Sc1nnc([C@@H]2COc3ccccc3O2)n1C)C(=O)N1c2ccccc2NC(=O)C1(C)C. The van der Waals surface area contributed by atoms with Gasteiger partial charge in [0.05, 0.1) is 16.6 Å². The highest BCUT2D eigenvalue weighted by molar-refractivity contribution is 8.00. The molecule has 0 aliphatic carbocycles. The van der Waals surface area contributed by atoms with Crippen LogP contribution in [0.1, 0.15) is 32.7 Å². The van der Waals surface area contributed by atoms with Crippen molar-refractivity contribution in [2.24, 2.45) is 7.05 Å². The molecule has 2 aromatic carbocycles. The van der Waals surface area contributed by atoms with E-state index in [1.54, 1.807) is 24.8 Å². The fourth-order valence-corrected chi connectivity index (χ4v) is 4.95. The number of ether oxygens (including phenoxy) is 2. The van der Waals surface area contributed by atoms with E-state index in [-0.39, 0.29) is 11.8 Å². The first-order chi connectivity index (χ1) is 16.3. The van der Waals surface area contributed by atoms with Crippen molar-refractivity contribution >= 4 is 35.0 Å². The van der Waals surface area contributed by atoms with Gasteiger partial charge in [-0.05, 0) is 45.0 Å².